The summed E-state index contributed by atoms with van der Waals surface area (Å²) in [5.41, 5.74) is 10.4. The fraction of sp³-hybridized carbons (Fsp3) is 0.833. The van der Waals surface area contributed by atoms with Gasteiger partial charge < -0.3 is 16.6 Å². The fourth-order valence-corrected chi connectivity index (χ4v) is 0.632. The predicted molar refractivity (Wildman–Crippen MR) is 47.1 cm³/mol. The van der Waals surface area contributed by atoms with Crippen molar-refractivity contribution < 1.29 is 9.90 Å². The first-order valence-corrected chi connectivity index (χ1v) is 3.37. The molecule has 5 N–H and O–H groups in total. The molecule has 0 amide bonds. The summed E-state index contributed by atoms with van der Waals surface area (Å²) in [6.07, 6.45) is 2.16. The van der Waals surface area contributed by atoms with Gasteiger partial charge in [0.05, 0.1) is 0 Å². The number of carbonyl (C=O) groups is 1. The number of nitrogens with two attached hydrogens (primary N) is 2. The average Bonchev–Trinajstić information content (AvgIpc) is 1.88. The van der Waals surface area contributed by atoms with Crippen molar-refractivity contribution in [1.29, 1.82) is 0 Å². The van der Waals surface area contributed by atoms with E-state index in [0.717, 1.165) is 12.8 Å². The zero-order valence-corrected chi connectivity index (χ0v) is 12.1. The molecule has 0 heterocycles. The number of aliphatic carboxylic acids is 1. The van der Waals surface area contributed by atoms with Crippen LogP contribution in [0.25, 0.3) is 0 Å². The molecule has 0 bridgehead atoms. The summed E-state index contributed by atoms with van der Waals surface area (Å²) in [5, 5.41) is 8.33. The minimum atomic E-state index is -0.933. The van der Waals surface area contributed by atoms with Crippen LogP contribution in [-0.4, -0.2) is 51.0 Å². The Kier molecular flexibility index (Phi) is 10.6. The molecule has 4 nitrogen and oxygen atoms in total. The molecule has 66 valence electrons. The molecule has 0 aliphatic rings. The van der Waals surface area contributed by atoms with Crippen LogP contribution >= 0.6 is 0 Å². The van der Waals surface area contributed by atoms with E-state index in [2.05, 4.69) is 0 Å². The topological polar surface area (TPSA) is 89.3 Å². The molecule has 5 heteroatoms. The van der Waals surface area contributed by atoms with Gasteiger partial charge in [0.1, 0.15) is 6.04 Å². The molecule has 0 aliphatic heterocycles. The summed E-state index contributed by atoms with van der Waals surface area (Å²) in [5.74, 6) is -0.933. The number of rotatable bonds is 5. The number of hydrogen-bond acceptors (Lipinski definition) is 3. The number of hydrogen-bond donors (Lipinski definition) is 3. The third-order valence-electron chi connectivity index (χ3n) is 1.29. The molecule has 0 spiro atoms. The van der Waals surface area contributed by atoms with E-state index < -0.39 is 12.0 Å². The van der Waals surface area contributed by atoms with E-state index >= 15 is 0 Å². The van der Waals surface area contributed by atoms with Crippen molar-refractivity contribution in [3.8, 4) is 0 Å². The summed E-state index contributed by atoms with van der Waals surface area (Å²) in [4.78, 5) is 10.1. The van der Waals surface area contributed by atoms with Crippen LogP contribution in [0.1, 0.15) is 19.3 Å². The van der Waals surface area contributed by atoms with E-state index in [1.807, 2.05) is 0 Å². The van der Waals surface area contributed by atoms with Crippen LogP contribution in [0, 0.1) is 0 Å². The van der Waals surface area contributed by atoms with E-state index in [0.29, 0.717) is 13.0 Å². The molecule has 0 saturated carbocycles. The number of unbranched alkanes of at least 4 members (excludes halogenated alkanes) is 1. The molecule has 0 aromatic heterocycles. The Morgan fingerprint density at radius 2 is 2.00 bits per heavy atom. The molecule has 2 radical (unpaired) electrons. The van der Waals surface area contributed by atoms with Crippen LogP contribution < -0.4 is 11.5 Å². The van der Waals surface area contributed by atoms with Crippen LogP contribution in [0.2, 0.25) is 0 Å². The van der Waals surface area contributed by atoms with Crippen molar-refractivity contribution in [3.05, 3.63) is 0 Å². The zero-order valence-electron chi connectivity index (χ0n) is 6.62. The van der Waals surface area contributed by atoms with Gasteiger partial charge in [-0.1, -0.05) is 6.42 Å². The summed E-state index contributed by atoms with van der Waals surface area (Å²) in [7, 11) is 0. The number of carboxylic acids is 1. The maximum absolute atomic E-state index is 10.1. The van der Waals surface area contributed by atoms with Crippen LogP contribution in [0.5, 0.6) is 0 Å². The molecule has 11 heavy (non-hydrogen) atoms. The number of carboxylic acid groups (broad SMARTS) is 1. The first-order valence-electron chi connectivity index (χ1n) is 3.37. The van der Waals surface area contributed by atoms with Gasteiger partial charge in [-0.2, -0.15) is 0 Å². The Balaban J connectivity index is 0. The van der Waals surface area contributed by atoms with Crippen LogP contribution in [-0.2, 0) is 4.79 Å². The molecular weight excluding hydrogens is 339 g/mol. The molecule has 1 atom stereocenters. The summed E-state index contributed by atoms with van der Waals surface area (Å²) in [6.45, 7) is 0.604. The summed E-state index contributed by atoms with van der Waals surface area (Å²) in [6, 6.07) is -0.716. The third kappa shape index (κ3) is 8.22. The van der Waals surface area contributed by atoms with Gasteiger partial charge in [-0.25, -0.2) is 0 Å². The van der Waals surface area contributed by atoms with Gasteiger partial charge >= 0.3 is 33.3 Å². The molecule has 0 saturated heterocycles. The quantitative estimate of drug-likeness (QED) is 0.419. The molecule has 0 aliphatic carbocycles. The van der Waals surface area contributed by atoms with Crippen molar-refractivity contribution in [3.63, 3.8) is 0 Å². The standard InChI is InChI=1S/C6H14N2O2.Pb.2H/c7-4-2-1-3-5(8)6(9)10;;;/h5H,1-4,7-8H2,(H,9,10);;;/t5-;;;/m0.../s1. The summed E-state index contributed by atoms with van der Waals surface area (Å²) < 4.78 is 0. The van der Waals surface area contributed by atoms with Crippen molar-refractivity contribution in [1.82, 2.24) is 0 Å². The van der Waals surface area contributed by atoms with Crippen molar-refractivity contribution >= 4 is 33.3 Å². The molecule has 0 unspecified atom stereocenters. The second-order valence-electron chi connectivity index (χ2n) is 2.23. The SMILES string of the molecule is NCCCC[C@H](N)C(=O)O.[PbH2]. The Morgan fingerprint density at radius 3 is 2.36 bits per heavy atom. The molecule has 0 rings (SSSR count). The van der Waals surface area contributed by atoms with E-state index in [1.54, 1.807) is 0 Å². The Hall–Kier alpha value is 0.312. The van der Waals surface area contributed by atoms with Crippen molar-refractivity contribution in [2.75, 3.05) is 6.54 Å². The minimum absolute atomic E-state index is 0. The van der Waals surface area contributed by atoms with Gasteiger partial charge in [0.2, 0.25) is 0 Å². The van der Waals surface area contributed by atoms with Gasteiger partial charge in [0.25, 0.3) is 0 Å². The average molecular weight is 355 g/mol. The van der Waals surface area contributed by atoms with Crippen molar-refractivity contribution in [2.45, 2.75) is 25.3 Å². The van der Waals surface area contributed by atoms with E-state index in [-0.39, 0.29) is 27.3 Å². The second kappa shape index (κ2) is 8.41. The Morgan fingerprint density at radius 1 is 1.45 bits per heavy atom. The second-order valence-corrected chi connectivity index (χ2v) is 2.23. The van der Waals surface area contributed by atoms with E-state index in [9.17, 15) is 4.79 Å². The van der Waals surface area contributed by atoms with Crippen LogP contribution in [0.4, 0.5) is 0 Å². The van der Waals surface area contributed by atoms with Crippen LogP contribution in [0.15, 0.2) is 0 Å². The molecular formula is C6H16N2O2Pb. The summed E-state index contributed by atoms with van der Waals surface area (Å²) >= 11 is 0. The molecule has 0 aromatic carbocycles. The molecule has 0 aromatic rings. The Bertz CT molecular complexity index is 111. The third-order valence-corrected chi connectivity index (χ3v) is 1.29. The van der Waals surface area contributed by atoms with E-state index in [4.69, 9.17) is 16.6 Å². The van der Waals surface area contributed by atoms with Crippen LogP contribution in [0.3, 0.4) is 0 Å². The fourth-order valence-electron chi connectivity index (χ4n) is 0.632. The van der Waals surface area contributed by atoms with E-state index in [1.165, 1.54) is 0 Å². The van der Waals surface area contributed by atoms with Gasteiger partial charge in [0, 0.05) is 0 Å². The van der Waals surface area contributed by atoms with Gasteiger partial charge in [-0.3, -0.25) is 4.79 Å². The normalized spacial score (nSPS) is 11.8. The predicted octanol–water partition coefficient (Wildman–Crippen LogP) is -1.39. The molecule has 0 fully saturated rings. The Labute approximate surface area is 86.5 Å². The van der Waals surface area contributed by atoms with Gasteiger partial charge in [-0.15, -0.1) is 0 Å². The zero-order chi connectivity index (χ0) is 7.98. The first-order chi connectivity index (χ1) is 4.68. The maximum atomic E-state index is 10.1. The van der Waals surface area contributed by atoms with Crippen molar-refractivity contribution in [2.24, 2.45) is 11.5 Å². The monoisotopic (exact) mass is 356 g/mol. The first kappa shape index (κ1) is 13.9. The van der Waals surface area contributed by atoms with Gasteiger partial charge in [-0.05, 0) is 19.4 Å². The van der Waals surface area contributed by atoms with Gasteiger partial charge in [0.15, 0.2) is 0 Å².